The molecule has 3 nitrogen and oxygen atoms in total. The van der Waals surface area contributed by atoms with Crippen molar-refractivity contribution < 1.29 is 14.6 Å². The molecule has 0 heterocycles. The Balaban J connectivity index is 2.62. The summed E-state index contributed by atoms with van der Waals surface area (Å²) in [5.74, 6) is 0.769. The fourth-order valence-electron chi connectivity index (χ4n) is 3.12. The van der Waals surface area contributed by atoms with Gasteiger partial charge in [0.25, 0.3) is 0 Å². The number of carboxylic acids is 1. The number of rotatable bonds is 6. The third-order valence-electron chi connectivity index (χ3n) is 4.41. The lowest BCUT2D eigenvalue weighted by Crippen LogP contribution is -2.34. The van der Waals surface area contributed by atoms with Crippen LogP contribution in [-0.4, -0.2) is 24.8 Å². The van der Waals surface area contributed by atoms with Crippen molar-refractivity contribution in [3.05, 3.63) is 0 Å². The van der Waals surface area contributed by atoms with Crippen molar-refractivity contribution in [1.29, 1.82) is 0 Å². The molecule has 1 N–H and O–H groups in total. The Morgan fingerprint density at radius 3 is 2.71 bits per heavy atom. The van der Waals surface area contributed by atoms with Crippen LogP contribution in [0.1, 0.15) is 46.0 Å². The fourth-order valence-corrected chi connectivity index (χ4v) is 3.12. The average molecular weight is 242 g/mol. The molecule has 1 aliphatic rings. The van der Waals surface area contributed by atoms with E-state index in [0.29, 0.717) is 11.8 Å². The van der Waals surface area contributed by atoms with Crippen molar-refractivity contribution in [2.45, 2.75) is 46.0 Å². The summed E-state index contributed by atoms with van der Waals surface area (Å²) in [5, 5.41) is 9.31. The van der Waals surface area contributed by atoms with Crippen molar-refractivity contribution >= 4 is 5.97 Å². The first-order valence-electron chi connectivity index (χ1n) is 6.81. The van der Waals surface area contributed by atoms with Gasteiger partial charge in [0.2, 0.25) is 0 Å². The van der Waals surface area contributed by atoms with Crippen LogP contribution in [0.2, 0.25) is 0 Å². The predicted octanol–water partition coefficient (Wildman–Crippen LogP) is 3.19. The van der Waals surface area contributed by atoms with Gasteiger partial charge in [-0.1, -0.05) is 20.3 Å². The lowest BCUT2D eigenvalue weighted by Gasteiger charge is -2.37. The molecule has 0 aromatic heterocycles. The van der Waals surface area contributed by atoms with Crippen molar-refractivity contribution in [2.24, 2.45) is 23.7 Å². The summed E-state index contributed by atoms with van der Waals surface area (Å²) in [6.07, 6.45) is 5.18. The molecule has 0 spiro atoms. The van der Waals surface area contributed by atoms with Gasteiger partial charge in [-0.15, -0.1) is 0 Å². The zero-order valence-electron chi connectivity index (χ0n) is 11.3. The highest BCUT2D eigenvalue weighted by Gasteiger charge is 2.37. The summed E-state index contributed by atoms with van der Waals surface area (Å²) in [4.78, 5) is 11.3. The number of methoxy groups -OCH3 is 1. The van der Waals surface area contributed by atoms with Crippen molar-refractivity contribution in [2.75, 3.05) is 13.7 Å². The maximum Gasteiger partial charge on any atom is 0.306 e. The summed E-state index contributed by atoms with van der Waals surface area (Å²) in [5.41, 5.74) is 0. The maximum absolute atomic E-state index is 11.3. The molecule has 100 valence electrons. The van der Waals surface area contributed by atoms with Gasteiger partial charge in [0.1, 0.15) is 0 Å². The number of ether oxygens (including phenoxy) is 1. The minimum atomic E-state index is -0.603. The highest BCUT2D eigenvalue weighted by Crippen LogP contribution is 2.40. The SMILES string of the molecule is CCC1CCC(C(=O)O)C(C(C)CCOC)C1. The van der Waals surface area contributed by atoms with Gasteiger partial charge in [-0.05, 0) is 43.4 Å². The molecule has 1 rings (SSSR count). The first-order valence-corrected chi connectivity index (χ1v) is 6.81. The summed E-state index contributed by atoms with van der Waals surface area (Å²) >= 11 is 0. The molecule has 17 heavy (non-hydrogen) atoms. The van der Waals surface area contributed by atoms with E-state index in [0.717, 1.165) is 38.2 Å². The van der Waals surface area contributed by atoms with Gasteiger partial charge in [0.05, 0.1) is 5.92 Å². The molecule has 0 radical (unpaired) electrons. The summed E-state index contributed by atoms with van der Waals surface area (Å²) < 4.78 is 5.10. The topological polar surface area (TPSA) is 46.5 Å². The second-order valence-electron chi connectivity index (χ2n) is 5.45. The Hall–Kier alpha value is -0.570. The molecule has 4 atom stereocenters. The molecule has 0 saturated heterocycles. The number of hydrogen-bond donors (Lipinski definition) is 1. The minimum Gasteiger partial charge on any atom is -0.481 e. The second-order valence-corrected chi connectivity index (χ2v) is 5.45. The first-order chi connectivity index (χ1) is 8.10. The van der Waals surface area contributed by atoms with Crippen LogP contribution in [0.5, 0.6) is 0 Å². The zero-order chi connectivity index (χ0) is 12.8. The third kappa shape index (κ3) is 3.98. The van der Waals surface area contributed by atoms with E-state index in [1.807, 2.05) is 0 Å². The van der Waals surface area contributed by atoms with E-state index in [1.165, 1.54) is 6.42 Å². The van der Waals surface area contributed by atoms with Crippen molar-refractivity contribution in [3.63, 3.8) is 0 Å². The van der Waals surface area contributed by atoms with E-state index in [-0.39, 0.29) is 5.92 Å². The lowest BCUT2D eigenvalue weighted by molar-refractivity contribution is -0.146. The van der Waals surface area contributed by atoms with Gasteiger partial charge in [0.15, 0.2) is 0 Å². The molecule has 1 aliphatic carbocycles. The first kappa shape index (κ1) is 14.5. The molecule has 0 aliphatic heterocycles. The standard InChI is InChI=1S/C14H26O3/c1-4-11-5-6-12(14(15)16)13(9-11)10(2)7-8-17-3/h10-13H,4-9H2,1-3H3,(H,15,16). The van der Waals surface area contributed by atoms with Crippen molar-refractivity contribution in [3.8, 4) is 0 Å². The van der Waals surface area contributed by atoms with Gasteiger partial charge in [-0.25, -0.2) is 0 Å². The van der Waals surface area contributed by atoms with Gasteiger partial charge in [-0.3, -0.25) is 4.79 Å². The molecule has 1 fully saturated rings. The molecule has 0 aromatic rings. The van der Waals surface area contributed by atoms with E-state index in [9.17, 15) is 9.90 Å². The summed E-state index contributed by atoms with van der Waals surface area (Å²) in [7, 11) is 1.71. The highest BCUT2D eigenvalue weighted by atomic mass is 16.5. The molecule has 0 bridgehead atoms. The summed E-state index contributed by atoms with van der Waals surface area (Å²) in [6.45, 7) is 5.13. The van der Waals surface area contributed by atoms with Gasteiger partial charge in [-0.2, -0.15) is 0 Å². The number of carbonyl (C=O) groups is 1. The largest absolute Gasteiger partial charge is 0.481 e. The van der Waals surface area contributed by atoms with Gasteiger partial charge < -0.3 is 9.84 Å². The summed E-state index contributed by atoms with van der Waals surface area (Å²) in [6, 6.07) is 0. The molecule has 4 unspecified atom stereocenters. The Morgan fingerprint density at radius 1 is 1.47 bits per heavy atom. The van der Waals surface area contributed by atoms with E-state index in [2.05, 4.69) is 13.8 Å². The van der Waals surface area contributed by atoms with E-state index < -0.39 is 5.97 Å². The van der Waals surface area contributed by atoms with E-state index in [1.54, 1.807) is 7.11 Å². The fraction of sp³-hybridized carbons (Fsp3) is 0.929. The molecule has 0 amide bonds. The maximum atomic E-state index is 11.3. The Bertz CT molecular complexity index is 240. The Morgan fingerprint density at radius 2 is 2.18 bits per heavy atom. The van der Waals surface area contributed by atoms with E-state index >= 15 is 0 Å². The van der Waals surface area contributed by atoms with Crippen LogP contribution >= 0.6 is 0 Å². The van der Waals surface area contributed by atoms with Gasteiger partial charge >= 0.3 is 5.97 Å². The van der Waals surface area contributed by atoms with Crippen LogP contribution < -0.4 is 0 Å². The van der Waals surface area contributed by atoms with Gasteiger partial charge in [0, 0.05) is 13.7 Å². The normalized spacial score (nSPS) is 31.1. The number of carboxylic acid groups (broad SMARTS) is 1. The molecular weight excluding hydrogens is 216 g/mol. The van der Waals surface area contributed by atoms with Crippen LogP contribution in [0.3, 0.4) is 0 Å². The number of aliphatic carboxylic acids is 1. The minimum absolute atomic E-state index is 0.135. The highest BCUT2D eigenvalue weighted by molar-refractivity contribution is 5.70. The van der Waals surface area contributed by atoms with E-state index in [4.69, 9.17) is 4.74 Å². The lowest BCUT2D eigenvalue weighted by atomic mass is 9.68. The molecule has 1 saturated carbocycles. The van der Waals surface area contributed by atoms with Crippen LogP contribution in [0.25, 0.3) is 0 Å². The second kappa shape index (κ2) is 7.00. The predicted molar refractivity (Wildman–Crippen MR) is 67.9 cm³/mol. The Kier molecular flexibility index (Phi) is 5.96. The molecular formula is C14H26O3. The monoisotopic (exact) mass is 242 g/mol. The zero-order valence-corrected chi connectivity index (χ0v) is 11.3. The smallest absolute Gasteiger partial charge is 0.306 e. The molecule has 0 aromatic carbocycles. The quantitative estimate of drug-likeness (QED) is 0.778. The van der Waals surface area contributed by atoms with Crippen LogP contribution in [0.15, 0.2) is 0 Å². The van der Waals surface area contributed by atoms with Crippen LogP contribution in [0.4, 0.5) is 0 Å². The van der Waals surface area contributed by atoms with Crippen LogP contribution in [0, 0.1) is 23.7 Å². The van der Waals surface area contributed by atoms with Crippen molar-refractivity contribution in [1.82, 2.24) is 0 Å². The average Bonchev–Trinajstić information content (AvgIpc) is 2.34. The third-order valence-corrected chi connectivity index (χ3v) is 4.41. The van der Waals surface area contributed by atoms with Crippen LogP contribution in [-0.2, 0) is 9.53 Å². The molecule has 3 heteroatoms. The number of hydrogen-bond acceptors (Lipinski definition) is 2. The Labute approximate surface area is 105 Å².